The number of fused-ring (bicyclic) bond motifs is 6. The smallest absolute Gasteiger partial charge is 0.238 e. The van der Waals surface area contributed by atoms with Gasteiger partial charge in [0.2, 0.25) is 5.91 Å². The van der Waals surface area contributed by atoms with Crippen molar-refractivity contribution < 1.29 is 19.1 Å². The average molecular weight is 555 g/mol. The van der Waals surface area contributed by atoms with Crippen LogP contribution in [0.5, 0.6) is 5.75 Å². The summed E-state index contributed by atoms with van der Waals surface area (Å²) in [6.45, 7) is 4.07. The maximum atomic E-state index is 14.8. The topological polar surface area (TPSA) is 75.7 Å². The predicted molar refractivity (Wildman–Crippen MR) is 163 cm³/mol. The quantitative estimate of drug-likeness (QED) is 0.295. The Morgan fingerprint density at radius 3 is 2.36 bits per heavy atom. The van der Waals surface area contributed by atoms with Gasteiger partial charge in [-0.2, -0.15) is 0 Å². The number of ketones is 2. The van der Waals surface area contributed by atoms with Crippen molar-refractivity contribution in [2.45, 2.75) is 31.3 Å². The fourth-order valence-corrected chi connectivity index (χ4v) is 7.28. The number of carbonyl (C=O) groups is 3. The number of Topliss-reactive ketones (excluding diaryl/α,β-unsaturated/α-hetero) is 2. The molecule has 7 rings (SSSR count). The fraction of sp³-hybridized carbons (Fsp3) is 0.194. The summed E-state index contributed by atoms with van der Waals surface area (Å²) in [6.07, 6.45) is 2.08. The minimum absolute atomic E-state index is 0.235. The van der Waals surface area contributed by atoms with Gasteiger partial charge in [-0.15, -0.1) is 0 Å². The van der Waals surface area contributed by atoms with Gasteiger partial charge >= 0.3 is 0 Å². The van der Waals surface area contributed by atoms with Gasteiger partial charge in [0.15, 0.2) is 11.6 Å². The normalized spacial score (nSPS) is 23.5. The number of ether oxygens (including phenoxy) is 1. The van der Waals surface area contributed by atoms with Gasteiger partial charge in [0, 0.05) is 28.1 Å². The Morgan fingerprint density at radius 2 is 1.57 bits per heavy atom. The van der Waals surface area contributed by atoms with Gasteiger partial charge in [-0.3, -0.25) is 14.4 Å². The minimum atomic E-state index is -1.34. The van der Waals surface area contributed by atoms with Crippen molar-refractivity contribution in [2.24, 2.45) is 5.92 Å². The molecule has 1 N–H and O–H groups in total. The molecule has 1 spiro atoms. The van der Waals surface area contributed by atoms with Crippen LogP contribution in [-0.2, 0) is 10.2 Å². The lowest BCUT2D eigenvalue weighted by atomic mass is 9.64. The minimum Gasteiger partial charge on any atom is -0.497 e. The number of para-hydroxylation sites is 1. The standard InChI is InChI=1S/C36H30N2O4/c1-21-16-17-29-26(18-21)22(2)19-30-36(27-14-7-8-15-28(27)37-35(36)41)31(33(39)23-10-5-4-6-11-23)32(38(29)30)34(40)24-12-9-13-25(20-24)42-3/h4-20,30-32H,1-3H3,(H,37,41)/t30-,31+,32+,36-/m1/s1. The summed E-state index contributed by atoms with van der Waals surface area (Å²) < 4.78 is 5.45. The molecule has 3 aliphatic rings. The van der Waals surface area contributed by atoms with E-state index in [1.807, 2.05) is 73.3 Å². The van der Waals surface area contributed by atoms with Crippen LogP contribution in [0.4, 0.5) is 11.4 Å². The maximum absolute atomic E-state index is 14.8. The fourth-order valence-electron chi connectivity index (χ4n) is 7.28. The van der Waals surface area contributed by atoms with E-state index in [0.717, 1.165) is 28.0 Å². The van der Waals surface area contributed by atoms with Gasteiger partial charge in [-0.05, 0) is 55.3 Å². The molecule has 0 bridgehead atoms. The van der Waals surface area contributed by atoms with Crippen molar-refractivity contribution in [1.82, 2.24) is 0 Å². The summed E-state index contributed by atoms with van der Waals surface area (Å²) in [4.78, 5) is 46.2. The van der Waals surface area contributed by atoms with Gasteiger partial charge in [0.1, 0.15) is 17.2 Å². The van der Waals surface area contributed by atoms with Crippen LogP contribution in [0.15, 0.2) is 103 Å². The number of rotatable bonds is 5. The van der Waals surface area contributed by atoms with Crippen molar-refractivity contribution in [2.75, 3.05) is 17.3 Å². The average Bonchev–Trinajstić information content (AvgIpc) is 3.49. The Labute approximate surface area is 244 Å². The molecule has 6 nitrogen and oxygen atoms in total. The number of carbonyl (C=O) groups excluding carboxylic acids is 3. The number of hydrogen-bond donors (Lipinski definition) is 1. The molecule has 1 fully saturated rings. The van der Waals surface area contributed by atoms with Gasteiger partial charge in [-0.25, -0.2) is 0 Å². The molecule has 208 valence electrons. The van der Waals surface area contributed by atoms with Crippen LogP contribution in [0.1, 0.15) is 44.3 Å². The van der Waals surface area contributed by atoms with Gasteiger partial charge in [-0.1, -0.05) is 78.4 Å². The van der Waals surface area contributed by atoms with Crippen molar-refractivity contribution in [3.8, 4) is 5.75 Å². The molecular formula is C36H30N2O4. The highest BCUT2D eigenvalue weighted by Crippen LogP contribution is 2.59. The molecule has 1 amide bonds. The zero-order chi connectivity index (χ0) is 29.2. The predicted octanol–water partition coefficient (Wildman–Crippen LogP) is 6.25. The molecule has 3 aliphatic heterocycles. The molecule has 0 aliphatic carbocycles. The first kappa shape index (κ1) is 26.0. The molecule has 6 heteroatoms. The first-order valence-electron chi connectivity index (χ1n) is 14.1. The Morgan fingerprint density at radius 1 is 0.833 bits per heavy atom. The summed E-state index contributed by atoms with van der Waals surface area (Å²) in [7, 11) is 1.56. The third kappa shape index (κ3) is 3.54. The van der Waals surface area contributed by atoms with Gasteiger partial charge in [0.25, 0.3) is 0 Å². The van der Waals surface area contributed by atoms with Crippen LogP contribution in [0.3, 0.4) is 0 Å². The lowest BCUT2D eigenvalue weighted by Gasteiger charge is -2.39. The van der Waals surface area contributed by atoms with Crippen LogP contribution >= 0.6 is 0 Å². The van der Waals surface area contributed by atoms with Crippen LogP contribution in [0.25, 0.3) is 5.57 Å². The van der Waals surface area contributed by atoms with E-state index in [0.29, 0.717) is 22.6 Å². The molecular weight excluding hydrogens is 524 g/mol. The zero-order valence-electron chi connectivity index (χ0n) is 23.6. The first-order valence-corrected chi connectivity index (χ1v) is 14.1. The second-order valence-corrected chi connectivity index (χ2v) is 11.3. The van der Waals surface area contributed by atoms with Crippen LogP contribution in [0.2, 0.25) is 0 Å². The van der Waals surface area contributed by atoms with E-state index in [2.05, 4.69) is 17.5 Å². The van der Waals surface area contributed by atoms with Crippen LogP contribution < -0.4 is 15.0 Å². The van der Waals surface area contributed by atoms with Gasteiger partial charge in [0.05, 0.1) is 19.1 Å². The zero-order valence-corrected chi connectivity index (χ0v) is 23.6. The Kier molecular flexibility index (Phi) is 5.91. The number of methoxy groups -OCH3 is 1. The monoisotopic (exact) mass is 554 g/mol. The largest absolute Gasteiger partial charge is 0.497 e. The molecule has 0 aromatic heterocycles. The third-order valence-corrected chi connectivity index (χ3v) is 9.10. The van der Waals surface area contributed by atoms with E-state index in [1.54, 1.807) is 43.5 Å². The highest BCUT2D eigenvalue weighted by atomic mass is 16.5. The number of nitrogens with one attached hydrogen (secondary N) is 1. The molecule has 42 heavy (non-hydrogen) atoms. The van der Waals surface area contributed by atoms with Crippen LogP contribution in [0, 0.1) is 12.8 Å². The first-order chi connectivity index (χ1) is 20.4. The van der Waals surface area contributed by atoms with Crippen LogP contribution in [-0.4, -0.2) is 36.7 Å². The highest BCUT2D eigenvalue weighted by molar-refractivity contribution is 6.18. The molecule has 4 aromatic carbocycles. The Hall–Kier alpha value is -4.97. The van der Waals surface area contributed by atoms with Crippen molar-refractivity contribution in [3.05, 3.63) is 131 Å². The van der Waals surface area contributed by atoms with E-state index in [9.17, 15) is 14.4 Å². The molecule has 4 aromatic rings. The number of benzene rings is 4. The molecule has 0 radical (unpaired) electrons. The van der Waals surface area contributed by atoms with E-state index < -0.39 is 23.4 Å². The second kappa shape index (κ2) is 9.55. The number of anilines is 2. The molecule has 1 saturated heterocycles. The third-order valence-electron chi connectivity index (χ3n) is 9.10. The van der Waals surface area contributed by atoms with E-state index >= 15 is 0 Å². The summed E-state index contributed by atoms with van der Waals surface area (Å²) in [5.74, 6) is -1.21. The molecule has 3 heterocycles. The summed E-state index contributed by atoms with van der Waals surface area (Å²) in [5, 5.41) is 3.09. The SMILES string of the molecule is COc1cccc(C(=O)[C@@H]2[C@@H](C(=O)c3ccccc3)[C@]3(C(=O)Nc4ccccc43)[C@H]3C=C(C)c4cc(C)ccc4N23)c1. The number of allylic oxidation sites excluding steroid dienone is 1. The maximum Gasteiger partial charge on any atom is 0.238 e. The number of hydrogen-bond acceptors (Lipinski definition) is 5. The van der Waals surface area contributed by atoms with Crippen molar-refractivity contribution in [3.63, 3.8) is 0 Å². The summed E-state index contributed by atoms with van der Waals surface area (Å²) >= 11 is 0. The number of nitrogens with zero attached hydrogens (tertiary/aromatic N) is 1. The van der Waals surface area contributed by atoms with Gasteiger partial charge < -0.3 is 15.0 Å². The Balaban J connectivity index is 1.56. The number of aryl methyl sites for hydroxylation is 1. The Bertz CT molecular complexity index is 1810. The van der Waals surface area contributed by atoms with E-state index in [4.69, 9.17) is 4.74 Å². The van der Waals surface area contributed by atoms with E-state index in [1.165, 1.54) is 0 Å². The number of amides is 1. The molecule has 0 unspecified atom stereocenters. The molecule has 4 atom stereocenters. The summed E-state index contributed by atoms with van der Waals surface area (Å²) in [6, 6.07) is 28.2. The molecule has 0 saturated carbocycles. The lowest BCUT2D eigenvalue weighted by Crippen LogP contribution is -2.51. The summed E-state index contributed by atoms with van der Waals surface area (Å²) in [5.41, 5.74) is 4.88. The highest BCUT2D eigenvalue weighted by Gasteiger charge is 2.70. The van der Waals surface area contributed by atoms with Crippen molar-refractivity contribution >= 4 is 34.4 Å². The van der Waals surface area contributed by atoms with E-state index in [-0.39, 0.29) is 17.5 Å². The lowest BCUT2D eigenvalue weighted by molar-refractivity contribution is -0.121. The second-order valence-electron chi connectivity index (χ2n) is 11.3. The van der Waals surface area contributed by atoms with Crippen molar-refractivity contribution in [1.29, 1.82) is 0 Å².